The molecule has 9 heteroatoms. The Balaban J connectivity index is 1.67. The Morgan fingerprint density at radius 2 is 1.78 bits per heavy atom. The quantitative estimate of drug-likeness (QED) is 0.665. The molecule has 0 saturated carbocycles. The van der Waals surface area contributed by atoms with Crippen LogP contribution < -0.4 is 5.46 Å². The second-order valence-electron chi connectivity index (χ2n) is 10.6. The third-order valence-electron chi connectivity index (χ3n) is 6.43. The molecule has 0 spiro atoms. The Labute approximate surface area is 190 Å². The summed E-state index contributed by atoms with van der Waals surface area (Å²) in [4.78, 5) is 28.4. The molecule has 2 saturated heterocycles. The van der Waals surface area contributed by atoms with E-state index in [0.717, 1.165) is 0 Å². The van der Waals surface area contributed by atoms with E-state index in [1.165, 1.54) is 17.0 Å². The van der Waals surface area contributed by atoms with Gasteiger partial charge in [-0.05, 0) is 72.5 Å². The molecule has 7 nitrogen and oxygen atoms in total. The third kappa shape index (κ3) is 4.93. The summed E-state index contributed by atoms with van der Waals surface area (Å²) in [6.45, 7) is 13.9. The average molecular weight is 448 g/mol. The van der Waals surface area contributed by atoms with E-state index >= 15 is 0 Å². The number of hydrogen-bond donors (Lipinski definition) is 0. The fourth-order valence-corrected chi connectivity index (χ4v) is 3.73. The molecule has 0 radical (unpaired) electrons. The maximum atomic E-state index is 14.9. The maximum Gasteiger partial charge on any atom is 0.494 e. The summed E-state index contributed by atoms with van der Waals surface area (Å²) < 4.78 is 32.3. The molecule has 2 heterocycles. The SMILES string of the molecule is CN(C(=O)OC(C)(C)C)[C@H]1CCN(C(=O)c2ccc(B3OC(C)(C)C(C)(C)O3)cc2F)C1. The van der Waals surface area contributed by atoms with Crippen LogP contribution in [0.15, 0.2) is 18.2 Å². The number of carbonyl (C=O) groups excluding carboxylic acids is 2. The number of benzene rings is 1. The smallest absolute Gasteiger partial charge is 0.444 e. The van der Waals surface area contributed by atoms with Crippen molar-refractivity contribution in [2.45, 2.75) is 77.7 Å². The molecule has 3 rings (SSSR count). The highest BCUT2D eigenvalue weighted by molar-refractivity contribution is 6.62. The van der Waals surface area contributed by atoms with Gasteiger partial charge in [-0.2, -0.15) is 0 Å². The van der Waals surface area contributed by atoms with Gasteiger partial charge < -0.3 is 23.8 Å². The maximum absolute atomic E-state index is 14.9. The molecule has 0 aliphatic carbocycles. The van der Waals surface area contributed by atoms with Gasteiger partial charge in [-0.15, -0.1) is 0 Å². The molecule has 0 N–H and O–H groups in total. The number of carbonyl (C=O) groups is 2. The van der Waals surface area contributed by atoms with Gasteiger partial charge in [0.2, 0.25) is 0 Å². The van der Waals surface area contributed by atoms with Crippen LogP contribution >= 0.6 is 0 Å². The molecule has 0 bridgehead atoms. The molecule has 1 aromatic rings. The number of nitrogens with zero attached hydrogens (tertiary/aromatic N) is 2. The fraction of sp³-hybridized carbons (Fsp3) is 0.652. The van der Waals surface area contributed by atoms with Crippen molar-refractivity contribution in [3.63, 3.8) is 0 Å². The van der Waals surface area contributed by atoms with E-state index in [1.807, 2.05) is 27.7 Å². The summed E-state index contributed by atoms with van der Waals surface area (Å²) in [5.74, 6) is -1.02. The number of rotatable bonds is 3. The third-order valence-corrected chi connectivity index (χ3v) is 6.43. The van der Waals surface area contributed by atoms with Crippen molar-refractivity contribution in [2.75, 3.05) is 20.1 Å². The predicted octanol–water partition coefficient (Wildman–Crippen LogP) is 3.21. The van der Waals surface area contributed by atoms with Crippen LogP contribution in [0.3, 0.4) is 0 Å². The Kier molecular flexibility index (Phi) is 6.39. The molecule has 0 unspecified atom stereocenters. The van der Waals surface area contributed by atoms with Gasteiger partial charge in [-0.1, -0.05) is 6.07 Å². The minimum atomic E-state index is -0.697. The van der Waals surface area contributed by atoms with Gasteiger partial charge in [0.25, 0.3) is 5.91 Å². The van der Waals surface area contributed by atoms with Crippen molar-refractivity contribution < 1.29 is 28.0 Å². The summed E-state index contributed by atoms with van der Waals surface area (Å²) >= 11 is 0. The molecule has 1 aromatic carbocycles. The minimum absolute atomic E-state index is 0.00848. The summed E-state index contributed by atoms with van der Waals surface area (Å²) in [5.41, 5.74) is -1.14. The highest BCUT2D eigenvalue weighted by Crippen LogP contribution is 2.36. The lowest BCUT2D eigenvalue weighted by atomic mass is 9.78. The van der Waals surface area contributed by atoms with Gasteiger partial charge in [0.15, 0.2) is 0 Å². The summed E-state index contributed by atoms with van der Waals surface area (Å²) in [5, 5.41) is 0. The lowest BCUT2D eigenvalue weighted by molar-refractivity contribution is 0.00578. The number of halogens is 1. The molecular weight excluding hydrogens is 414 g/mol. The van der Waals surface area contributed by atoms with Crippen molar-refractivity contribution in [2.24, 2.45) is 0 Å². The Hall–Kier alpha value is -2.13. The largest absolute Gasteiger partial charge is 0.494 e. The van der Waals surface area contributed by atoms with Crippen LogP contribution in [0.1, 0.15) is 65.2 Å². The van der Waals surface area contributed by atoms with Crippen LogP contribution in [0, 0.1) is 5.82 Å². The first kappa shape index (κ1) is 24.5. The summed E-state index contributed by atoms with van der Waals surface area (Å²) in [7, 11) is 0.962. The number of ether oxygens (including phenoxy) is 1. The van der Waals surface area contributed by atoms with E-state index in [1.54, 1.807) is 38.8 Å². The number of likely N-dealkylation sites (N-methyl/N-ethyl adjacent to an activating group) is 1. The van der Waals surface area contributed by atoms with Crippen LogP contribution in [0.5, 0.6) is 0 Å². The molecule has 1 atom stereocenters. The molecule has 2 aliphatic rings. The highest BCUT2D eigenvalue weighted by Gasteiger charge is 2.51. The van der Waals surface area contributed by atoms with E-state index in [-0.39, 0.29) is 11.6 Å². The van der Waals surface area contributed by atoms with Gasteiger partial charge in [0.1, 0.15) is 11.4 Å². The van der Waals surface area contributed by atoms with Crippen LogP contribution in [0.25, 0.3) is 0 Å². The van der Waals surface area contributed by atoms with Gasteiger partial charge in [0.05, 0.1) is 22.8 Å². The van der Waals surface area contributed by atoms with Crippen molar-refractivity contribution in [3.8, 4) is 0 Å². The zero-order chi connectivity index (χ0) is 24.1. The molecular formula is C23H34BFN2O5. The standard InChI is InChI=1S/C23H34BFN2O5/c1-21(2,3)30-20(29)26(8)16-11-12-27(14-16)19(28)17-10-9-15(13-18(17)25)24-31-22(4,5)23(6,7)32-24/h9-10,13,16H,11-12,14H2,1-8H3/t16-/m0/s1. The summed E-state index contributed by atoms with van der Waals surface area (Å²) in [6, 6.07) is 4.26. The van der Waals surface area contributed by atoms with Gasteiger partial charge >= 0.3 is 13.2 Å². The number of amides is 2. The normalized spacial score (nSPS) is 22.2. The van der Waals surface area contributed by atoms with E-state index in [0.29, 0.717) is 25.0 Å². The van der Waals surface area contributed by atoms with Crippen LogP contribution in [0.4, 0.5) is 9.18 Å². The molecule has 32 heavy (non-hydrogen) atoms. The topological polar surface area (TPSA) is 68.3 Å². The zero-order valence-electron chi connectivity index (χ0n) is 20.3. The Morgan fingerprint density at radius 3 is 2.31 bits per heavy atom. The number of likely N-dealkylation sites (tertiary alicyclic amines) is 1. The first-order valence-corrected chi connectivity index (χ1v) is 11.0. The number of hydrogen-bond acceptors (Lipinski definition) is 5. The lowest BCUT2D eigenvalue weighted by Crippen LogP contribution is -2.42. The molecule has 2 amide bonds. The molecule has 2 aliphatic heterocycles. The monoisotopic (exact) mass is 448 g/mol. The van der Waals surface area contributed by atoms with Gasteiger partial charge in [-0.3, -0.25) is 4.79 Å². The first-order valence-electron chi connectivity index (χ1n) is 11.0. The van der Waals surface area contributed by atoms with Crippen LogP contribution in [-0.2, 0) is 14.0 Å². The Bertz CT molecular complexity index is 883. The average Bonchev–Trinajstić information content (AvgIpc) is 3.22. The first-order chi connectivity index (χ1) is 14.6. The van der Waals surface area contributed by atoms with Crippen molar-refractivity contribution >= 4 is 24.6 Å². The van der Waals surface area contributed by atoms with E-state index in [2.05, 4.69) is 0 Å². The predicted molar refractivity (Wildman–Crippen MR) is 120 cm³/mol. The van der Waals surface area contributed by atoms with E-state index in [4.69, 9.17) is 14.0 Å². The van der Waals surface area contributed by atoms with Crippen LogP contribution in [-0.4, -0.2) is 71.9 Å². The van der Waals surface area contributed by atoms with Crippen molar-refractivity contribution in [3.05, 3.63) is 29.6 Å². The van der Waals surface area contributed by atoms with Gasteiger partial charge in [-0.25, -0.2) is 9.18 Å². The van der Waals surface area contributed by atoms with Crippen molar-refractivity contribution in [1.29, 1.82) is 0 Å². The lowest BCUT2D eigenvalue weighted by Gasteiger charge is -2.32. The molecule has 2 fully saturated rings. The highest BCUT2D eigenvalue weighted by atomic mass is 19.1. The summed E-state index contributed by atoms with van der Waals surface area (Å²) in [6.07, 6.45) is 0.171. The van der Waals surface area contributed by atoms with Crippen LogP contribution in [0.2, 0.25) is 0 Å². The second-order valence-corrected chi connectivity index (χ2v) is 10.6. The van der Waals surface area contributed by atoms with Gasteiger partial charge in [0, 0.05) is 20.1 Å². The molecule has 176 valence electrons. The Morgan fingerprint density at radius 1 is 1.19 bits per heavy atom. The minimum Gasteiger partial charge on any atom is -0.444 e. The fourth-order valence-electron chi connectivity index (χ4n) is 3.73. The van der Waals surface area contributed by atoms with E-state index < -0.39 is 41.7 Å². The van der Waals surface area contributed by atoms with E-state index in [9.17, 15) is 14.0 Å². The second kappa shape index (κ2) is 8.34. The molecule has 0 aromatic heterocycles. The zero-order valence-corrected chi connectivity index (χ0v) is 20.3. The van der Waals surface area contributed by atoms with Crippen molar-refractivity contribution in [1.82, 2.24) is 9.80 Å².